The van der Waals surface area contributed by atoms with Gasteiger partial charge >= 0.3 is 0 Å². The number of nitrogens with zero attached hydrogens (tertiary/aromatic N) is 1. The highest BCUT2D eigenvalue weighted by Gasteiger charge is 2.31. The molecule has 0 saturated carbocycles. The van der Waals surface area contributed by atoms with E-state index in [-0.39, 0.29) is 23.0 Å². The van der Waals surface area contributed by atoms with E-state index in [1.54, 1.807) is 6.07 Å². The highest BCUT2D eigenvalue weighted by molar-refractivity contribution is 6.30. The molecular formula is C15H19ClFNO2. The molecule has 0 bridgehead atoms. The Morgan fingerprint density at radius 1 is 1.25 bits per heavy atom. The summed E-state index contributed by atoms with van der Waals surface area (Å²) in [6, 6.07) is 5.01. The van der Waals surface area contributed by atoms with Gasteiger partial charge in [-0.3, -0.25) is 4.90 Å². The van der Waals surface area contributed by atoms with Crippen molar-refractivity contribution < 1.29 is 13.9 Å². The largest absolute Gasteiger partial charge is 0.375 e. The summed E-state index contributed by atoms with van der Waals surface area (Å²) < 4.78 is 25.0. The van der Waals surface area contributed by atoms with Crippen molar-refractivity contribution in [2.45, 2.75) is 31.6 Å². The van der Waals surface area contributed by atoms with Gasteiger partial charge in [-0.25, -0.2) is 4.39 Å². The normalized spacial score (nSPS) is 27.9. The Morgan fingerprint density at radius 3 is 2.85 bits per heavy atom. The van der Waals surface area contributed by atoms with Crippen LogP contribution in [0.4, 0.5) is 4.39 Å². The van der Waals surface area contributed by atoms with Crippen LogP contribution in [0.5, 0.6) is 0 Å². The average molecular weight is 300 g/mol. The van der Waals surface area contributed by atoms with Crippen molar-refractivity contribution in [1.82, 2.24) is 4.90 Å². The second-order valence-corrected chi connectivity index (χ2v) is 5.85. The lowest BCUT2D eigenvalue weighted by molar-refractivity contribution is -0.0960. The average Bonchev–Trinajstić information content (AvgIpc) is 2.97. The van der Waals surface area contributed by atoms with Crippen LogP contribution in [-0.4, -0.2) is 43.4 Å². The molecule has 2 fully saturated rings. The summed E-state index contributed by atoms with van der Waals surface area (Å²) in [5.41, 5.74) is 0.944. The lowest BCUT2D eigenvalue weighted by Crippen LogP contribution is -2.47. The summed E-state index contributed by atoms with van der Waals surface area (Å²) in [6.07, 6.45) is 2.56. The second-order valence-electron chi connectivity index (χ2n) is 5.44. The van der Waals surface area contributed by atoms with Crippen LogP contribution >= 0.6 is 11.6 Å². The number of benzene rings is 1. The quantitative estimate of drug-likeness (QED) is 0.857. The molecule has 2 saturated heterocycles. The molecule has 2 aliphatic rings. The van der Waals surface area contributed by atoms with Crippen molar-refractivity contribution in [3.63, 3.8) is 0 Å². The molecule has 0 spiro atoms. The van der Waals surface area contributed by atoms with Gasteiger partial charge < -0.3 is 9.47 Å². The highest BCUT2D eigenvalue weighted by Crippen LogP contribution is 2.22. The molecule has 0 amide bonds. The third-order valence-electron chi connectivity index (χ3n) is 3.95. The van der Waals surface area contributed by atoms with Crippen molar-refractivity contribution in [3.05, 3.63) is 34.6 Å². The van der Waals surface area contributed by atoms with E-state index in [1.165, 1.54) is 6.07 Å². The zero-order valence-corrected chi connectivity index (χ0v) is 12.1. The summed E-state index contributed by atoms with van der Waals surface area (Å²) in [4.78, 5) is 2.29. The number of morpholine rings is 1. The Kier molecular flexibility index (Phi) is 4.56. The predicted molar refractivity (Wildman–Crippen MR) is 75.4 cm³/mol. The van der Waals surface area contributed by atoms with Crippen molar-refractivity contribution in [1.29, 1.82) is 0 Å². The Labute approximate surface area is 123 Å². The van der Waals surface area contributed by atoms with Crippen LogP contribution in [0.25, 0.3) is 0 Å². The van der Waals surface area contributed by atoms with Crippen LogP contribution in [-0.2, 0) is 16.0 Å². The highest BCUT2D eigenvalue weighted by atomic mass is 35.5. The van der Waals surface area contributed by atoms with E-state index < -0.39 is 0 Å². The van der Waals surface area contributed by atoms with Gasteiger partial charge in [-0.2, -0.15) is 0 Å². The summed E-state index contributed by atoms with van der Waals surface area (Å²) in [6.45, 7) is 3.98. The first-order valence-electron chi connectivity index (χ1n) is 7.12. The molecule has 110 valence electrons. The number of rotatable bonds is 3. The molecule has 0 radical (unpaired) electrons. The molecular weight excluding hydrogens is 281 g/mol. The summed E-state index contributed by atoms with van der Waals surface area (Å²) >= 11 is 5.71. The van der Waals surface area contributed by atoms with Crippen molar-refractivity contribution >= 4 is 11.6 Å². The molecule has 0 unspecified atom stereocenters. The molecule has 0 aromatic heterocycles. The van der Waals surface area contributed by atoms with Gasteiger partial charge in [0.1, 0.15) is 5.82 Å². The Bertz CT molecular complexity index is 465. The monoisotopic (exact) mass is 299 g/mol. The lowest BCUT2D eigenvalue weighted by atomic mass is 10.1. The van der Waals surface area contributed by atoms with E-state index in [4.69, 9.17) is 21.1 Å². The van der Waals surface area contributed by atoms with Gasteiger partial charge in [0.05, 0.1) is 23.8 Å². The summed E-state index contributed by atoms with van der Waals surface area (Å²) in [5.74, 6) is -0.354. The van der Waals surface area contributed by atoms with Crippen LogP contribution in [0.2, 0.25) is 5.02 Å². The van der Waals surface area contributed by atoms with Gasteiger partial charge in [-0.1, -0.05) is 17.7 Å². The van der Waals surface area contributed by atoms with Crippen LogP contribution in [0.15, 0.2) is 18.2 Å². The fourth-order valence-electron chi connectivity index (χ4n) is 2.89. The van der Waals surface area contributed by atoms with Gasteiger partial charge in [-0.05, 0) is 30.5 Å². The first-order valence-corrected chi connectivity index (χ1v) is 7.49. The van der Waals surface area contributed by atoms with E-state index in [0.29, 0.717) is 6.61 Å². The number of hydrogen-bond acceptors (Lipinski definition) is 3. The van der Waals surface area contributed by atoms with E-state index in [2.05, 4.69) is 4.90 Å². The van der Waals surface area contributed by atoms with Crippen molar-refractivity contribution in [2.75, 3.05) is 26.3 Å². The fraction of sp³-hybridized carbons (Fsp3) is 0.600. The van der Waals surface area contributed by atoms with Gasteiger partial charge in [0.2, 0.25) is 0 Å². The summed E-state index contributed by atoms with van der Waals surface area (Å²) in [5, 5.41) is 0.174. The topological polar surface area (TPSA) is 21.7 Å². The smallest absolute Gasteiger partial charge is 0.142 e. The Hall–Kier alpha value is -0.680. The molecule has 3 nitrogen and oxygen atoms in total. The molecule has 1 aromatic carbocycles. The summed E-state index contributed by atoms with van der Waals surface area (Å²) in [7, 11) is 0. The Morgan fingerprint density at radius 2 is 2.10 bits per heavy atom. The zero-order valence-electron chi connectivity index (χ0n) is 11.4. The molecule has 20 heavy (non-hydrogen) atoms. The molecule has 2 heterocycles. The molecule has 1 aromatic rings. The predicted octanol–water partition coefficient (Wildman–Crippen LogP) is 2.86. The first kappa shape index (κ1) is 14.3. The minimum atomic E-state index is -0.354. The third kappa shape index (κ3) is 3.31. The minimum Gasteiger partial charge on any atom is -0.375 e. The fourth-order valence-corrected chi connectivity index (χ4v) is 3.01. The third-order valence-corrected chi connectivity index (χ3v) is 4.25. The van der Waals surface area contributed by atoms with Gasteiger partial charge in [0.25, 0.3) is 0 Å². The van der Waals surface area contributed by atoms with Crippen LogP contribution in [0.3, 0.4) is 0 Å². The molecule has 2 aliphatic heterocycles. The molecule has 3 rings (SSSR count). The second kappa shape index (κ2) is 6.39. The van der Waals surface area contributed by atoms with E-state index >= 15 is 0 Å². The van der Waals surface area contributed by atoms with Gasteiger partial charge in [0.15, 0.2) is 0 Å². The maximum Gasteiger partial charge on any atom is 0.142 e. The van der Waals surface area contributed by atoms with E-state index in [0.717, 1.165) is 44.6 Å². The minimum absolute atomic E-state index is 0.142. The van der Waals surface area contributed by atoms with Crippen LogP contribution in [0, 0.1) is 5.82 Å². The molecule has 2 atom stereocenters. The van der Waals surface area contributed by atoms with Gasteiger partial charge in [0, 0.05) is 26.2 Å². The Balaban J connectivity index is 1.60. The van der Waals surface area contributed by atoms with E-state index in [1.807, 2.05) is 6.07 Å². The SMILES string of the molecule is Fc1cc(CN2CCO[C@@H]([C@@H]3CCCO3)C2)ccc1Cl. The number of halogens is 2. The number of hydrogen-bond donors (Lipinski definition) is 0. The van der Waals surface area contributed by atoms with Crippen molar-refractivity contribution in [2.24, 2.45) is 0 Å². The number of ether oxygens (including phenoxy) is 2. The van der Waals surface area contributed by atoms with Gasteiger partial charge in [-0.15, -0.1) is 0 Å². The van der Waals surface area contributed by atoms with E-state index in [9.17, 15) is 4.39 Å². The molecule has 0 aliphatic carbocycles. The maximum atomic E-state index is 13.5. The zero-order chi connectivity index (χ0) is 13.9. The lowest BCUT2D eigenvalue weighted by Gasteiger charge is -2.35. The molecule has 0 N–H and O–H groups in total. The van der Waals surface area contributed by atoms with Crippen LogP contribution in [0.1, 0.15) is 18.4 Å². The van der Waals surface area contributed by atoms with Crippen LogP contribution < -0.4 is 0 Å². The van der Waals surface area contributed by atoms with Crippen molar-refractivity contribution in [3.8, 4) is 0 Å². The maximum absolute atomic E-state index is 13.5. The first-order chi connectivity index (χ1) is 9.72. The molecule has 5 heteroatoms. The standard InChI is InChI=1S/C15H19ClFNO2/c16-12-4-3-11(8-13(12)17)9-18-5-7-20-15(10-18)14-2-1-6-19-14/h3-4,8,14-15H,1-2,5-7,9-10H2/t14-,15+/m0/s1.